The highest BCUT2D eigenvalue weighted by Gasteiger charge is 2.30. The first-order valence-corrected chi connectivity index (χ1v) is 7.81. The SMILES string of the molecule is Cc1sc(CCNCc2ccc(OC(F)(F)F)cc2)nc1C(=O)O. The van der Waals surface area contributed by atoms with Gasteiger partial charge in [-0.1, -0.05) is 12.1 Å². The molecule has 0 spiro atoms. The van der Waals surface area contributed by atoms with E-state index in [9.17, 15) is 18.0 Å². The van der Waals surface area contributed by atoms with Crippen molar-refractivity contribution in [3.63, 3.8) is 0 Å². The normalized spacial score (nSPS) is 11.5. The van der Waals surface area contributed by atoms with Crippen LogP contribution < -0.4 is 10.1 Å². The molecule has 2 N–H and O–H groups in total. The lowest BCUT2D eigenvalue weighted by Crippen LogP contribution is -2.18. The Kier molecular flexibility index (Phi) is 5.79. The third kappa shape index (κ3) is 5.50. The number of nitrogens with one attached hydrogen (secondary N) is 1. The molecular weight excluding hydrogens is 345 g/mol. The lowest BCUT2D eigenvalue weighted by Gasteiger charge is -2.09. The molecule has 0 unspecified atom stereocenters. The van der Waals surface area contributed by atoms with Crippen molar-refractivity contribution in [2.45, 2.75) is 26.3 Å². The average Bonchev–Trinajstić information content (AvgIpc) is 2.85. The molecule has 0 fully saturated rings. The number of aromatic carboxylic acids is 1. The number of nitrogens with zero attached hydrogens (tertiary/aromatic N) is 1. The summed E-state index contributed by atoms with van der Waals surface area (Å²) in [6.45, 7) is 2.76. The van der Waals surface area contributed by atoms with Gasteiger partial charge in [-0.05, 0) is 24.6 Å². The smallest absolute Gasteiger partial charge is 0.476 e. The molecule has 130 valence electrons. The predicted molar refractivity (Wildman–Crippen MR) is 82.3 cm³/mol. The van der Waals surface area contributed by atoms with E-state index >= 15 is 0 Å². The maximum absolute atomic E-state index is 12.1. The molecule has 1 aromatic carbocycles. The van der Waals surface area contributed by atoms with Gasteiger partial charge in [-0.25, -0.2) is 9.78 Å². The zero-order chi connectivity index (χ0) is 17.7. The predicted octanol–water partition coefficient (Wildman–Crippen LogP) is 3.38. The minimum atomic E-state index is -4.69. The molecule has 0 amide bonds. The van der Waals surface area contributed by atoms with Crippen molar-refractivity contribution in [3.05, 3.63) is 45.4 Å². The Hall–Kier alpha value is -2.13. The van der Waals surface area contributed by atoms with Gasteiger partial charge in [0.15, 0.2) is 5.69 Å². The fourth-order valence-corrected chi connectivity index (χ4v) is 2.92. The van der Waals surface area contributed by atoms with Gasteiger partial charge in [0.1, 0.15) is 5.75 Å². The number of hydrogen-bond acceptors (Lipinski definition) is 5. The summed E-state index contributed by atoms with van der Waals surface area (Å²) in [7, 11) is 0. The minimum Gasteiger partial charge on any atom is -0.476 e. The molecule has 0 aliphatic rings. The van der Waals surface area contributed by atoms with Crippen molar-refractivity contribution in [1.29, 1.82) is 0 Å². The summed E-state index contributed by atoms with van der Waals surface area (Å²) in [5, 5.41) is 12.8. The minimum absolute atomic E-state index is 0.0789. The summed E-state index contributed by atoms with van der Waals surface area (Å²) in [6, 6.07) is 5.61. The van der Waals surface area contributed by atoms with E-state index in [2.05, 4.69) is 15.0 Å². The molecule has 5 nitrogen and oxygen atoms in total. The molecule has 1 heterocycles. The number of rotatable bonds is 7. The van der Waals surface area contributed by atoms with Gasteiger partial charge in [-0.15, -0.1) is 24.5 Å². The Labute approximate surface area is 140 Å². The number of alkyl halides is 3. The average molecular weight is 360 g/mol. The van der Waals surface area contributed by atoms with Crippen molar-refractivity contribution >= 4 is 17.3 Å². The van der Waals surface area contributed by atoms with Crippen molar-refractivity contribution in [2.75, 3.05) is 6.54 Å². The van der Waals surface area contributed by atoms with Crippen LogP contribution in [0, 0.1) is 6.92 Å². The molecular formula is C15H15F3N2O3S. The van der Waals surface area contributed by atoms with Gasteiger partial charge >= 0.3 is 12.3 Å². The highest BCUT2D eigenvalue weighted by molar-refractivity contribution is 7.11. The quantitative estimate of drug-likeness (QED) is 0.741. The van der Waals surface area contributed by atoms with Crippen LogP contribution in [0.15, 0.2) is 24.3 Å². The largest absolute Gasteiger partial charge is 0.573 e. The van der Waals surface area contributed by atoms with Crippen LogP contribution in [0.2, 0.25) is 0 Å². The number of carbonyl (C=O) groups is 1. The van der Waals surface area contributed by atoms with Gasteiger partial charge in [0.05, 0.1) is 5.01 Å². The Morgan fingerprint density at radius 2 is 2.00 bits per heavy atom. The number of aryl methyl sites for hydroxylation is 1. The number of carboxylic acid groups (broad SMARTS) is 1. The zero-order valence-electron chi connectivity index (χ0n) is 12.7. The van der Waals surface area contributed by atoms with E-state index in [4.69, 9.17) is 5.11 Å². The molecule has 0 aliphatic carbocycles. The Morgan fingerprint density at radius 3 is 2.54 bits per heavy atom. The molecule has 0 atom stereocenters. The summed E-state index contributed by atoms with van der Waals surface area (Å²) in [4.78, 5) is 15.6. The molecule has 9 heteroatoms. The van der Waals surface area contributed by atoms with E-state index < -0.39 is 12.3 Å². The molecule has 0 saturated carbocycles. The molecule has 0 bridgehead atoms. The first kappa shape index (κ1) is 18.2. The molecule has 0 aliphatic heterocycles. The third-order valence-corrected chi connectivity index (χ3v) is 4.08. The number of halogens is 3. The van der Waals surface area contributed by atoms with E-state index in [-0.39, 0.29) is 11.4 Å². The Morgan fingerprint density at radius 1 is 1.33 bits per heavy atom. The maximum atomic E-state index is 12.1. The first-order valence-electron chi connectivity index (χ1n) is 6.99. The van der Waals surface area contributed by atoms with Gasteiger partial charge in [0, 0.05) is 24.4 Å². The molecule has 0 radical (unpaired) electrons. The van der Waals surface area contributed by atoms with Crippen molar-refractivity contribution in [2.24, 2.45) is 0 Å². The standard InChI is InChI=1S/C15H15F3N2O3S/c1-9-13(14(21)22)20-12(24-9)6-7-19-8-10-2-4-11(5-3-10)23-15(16,17)18/h2-5,19H,6-8H2,1H3,(H,21,22). The lowest BCUT2D eigenvalue weighted by molar-refractivity contribution is -0.274. The molecule has 2 aromatic rings. The van der Waals surface area contributed by atoms with Crippen LogP contribution in [0.1, 0.15) is 25.9 Å². The van der Waals surface area contributed by atoms with Crippen LogP contribution in [0.5, 0.6) is 5.75 Å². The number of benzene rings is 1. The highest BCUT2D eigenvalue weighted by Crippen LogP contribution is 2.22. The molecule has 0 saturated heterocycles. The molecule has 1 aromatic heterocycles. The lowest BCUT2D eigenvalue weighted by atomic mass is 10.2. The van der Waals surface area contributed by atoms with E-state index in [1.807, 2.05) is 0 Å². The van der Waals surface area contributed by atoms with Gasteiger partial charge < -0.3 is 15.2 Å². The maximum Gasteiger partial charge on any atom is 0.573 e. The summed E-state index contributed by atoms with van der Waals surface area (Å²) in [6.07, 6.45) is -4.12. The fourth-order valence-electron chi connectivity index (χ4n) is 1.99. The van der Waals surface area contributed by atoms with E-state index in [0.29, 0.717) is 24.4 Å². The van der Waals surface area contributed by atoms with Gasteiger partial charge in [0.25, 0.3) is 0 Å². The summed E-state index contributed by atoms with van der Waals surface area (Å²) in [5.41, 5.74) is 0.890. The van der Waals surface area contributed by atoms with Gasteiger partial charge in [0.2, 0.25) is 0 Å². The monoisotopic (exact) mass is 360 g/mol. The van der Waals surface area contributed by atoms with Crippen LogP contribution in [-0.4, -0.2) is 29.0 Å². The summed E-state index contributed by atoms with van der Waals surface area (Å²) >= 11 is 1.34. The van der Waals surface area contributed by atoms with Gasteiger partial charge in [-0.3, -0.25) is 0 Å². The number of thiazole rings is 1. The van der Waals surface area contributed by atoms with Crippen LogP contribution in [-0.2, 0) is 13.0 Å². The number of aromatic nitrogens is 1. The number of hydrogen-bond donors (Lipinski definition) is 2. The van der Waals surface area contributed by atoms with Crippen LogP contribution in [0.25, 0.3) is 0 Å². The van der Waals surface area contributed by atoms with Crippen molar-refractivity contribution in [1.82, 2.24) is 10.3 Å². The zero-order valence-corrected chi connectivity index (χ0v) is 13.5. The second-order valence-corrected chi connectivity index (χ2v) is 6.22. The number of ether oxygens (including phenoxy) is 1. The van der Waals surface area contributed by atoms with Crippen LogP contribution >= 0.6 is 11.3 Å². The van der Waals surface area contributed by atoms with E-state index in [1.54, 1.807) is 19.1 Å². The second kappa shape index (κ2) is 7.63. The number of carboxylic acids is 1. The summed E-state index contributed by atoms with van der Waals surface area (Å²) in [5.74, 6) is -1.30. The highest BCUT2D eigenvalue weighted by atomic mass is 32.1. The van der Waals surface area contributed by atoms with E-state index in [0.717, 1.165) is 10.6 Å². The van der Waals surface area contributed by atoms with E-state index in [1.165, 1.54) is 23.5 Å². The first-order chi connectivity index (χ1) is 11.2. The molecule has 2 rings (SSSR count). The topological polar surface area (TPSA) is 71.5 Å². The Balaban J connectivity index is 1.78. The van der Waals surface area contributed by atoms with Crippen LogP contribution in [0.4, 0.5) is 13.2 Å². The summed E-state index contributed by atoms with van der Waals surface area (Å²) < 4.78 is 40.0. The molecule has 24 heavy (non-hydrogen) atoms. The fraction of sp³-hybridized carbons (Fsp3) is 0.333. The van der Waals surface area contributed by atoms with Crippen molar-refractivity contribution < 1.29 is 27.8 Å². The second-order valence-electron chi connectivity index (χ2n) is 4.94. The van der Waals surface area contributed by atoms with Crippen molar-refractivity contribution in [3.8, 4) is 5.75 Å². The van der Waals surface area contributed by atoms with Gasteiger partial charge in [-0.2, -0.15) is 0 Å². The third-order valence-electron chi connectivity index (χ3n) is 3.05. The van der Waals surface area contributed by atoms with Crippen LogP contribution in [0.3, 0.4) is 0 Å². The Bertz CT molecular complexity index is 699.